The monoisotopic (exact) mass is 538 g/mol. The maximum atomic E-state index is 15.1. The molecule has 9 nitrogen and oxygen atoms in total. The number of nitrogens with two attached hydrogens (primary N) is 1. The van der Waals surface area contributed by atoms with Gasteiger partial charge in [-0.15, -0.1) is 0 Å². The third-order valence-electron chi connectivity index (χ3n) is 5.84. The summed E-state index contributed by atoms with van der Waals surface area (Å²) in [4.78, 5) is 32.5. The number of amides is 2. The van der Waals surface area contributed by atoms with Crippen LogP contribution in [0, 0.1) is 22.7 Å². The van der Waals surface area contributed by atoms with Gasteiger partial charge in [-0.25, -0.2) is 14.2 Å². The van der Waals surface area contributed by atoms with E-state index >= 15 is 4.39 Å². The molecular weight excluding hydrogens is 507 g/mol. The molecule has 11 heteroatoms. The van der Waals surface area contributed by atoms with E-state index in [1.807, 2.05) is 13.0 Å². The lowest BCUT2D eigenvalue weighted by atomic mass is 10.0. The second-order valence-corrected chi connectivity index (χ2v) is 10.9. The third kappa shape index (κ3) is 6.73. The van der Waals surface area contributed by atoms with E-state index < -0.39 is 29.0 Å². The van der Waals surface area contributed by atoms with Crippen molar-refractivity contribution in [3.05, 3.63) is 52.6 Å². The van der Waals surface area contributed by atoms with Gasteiger partial charge in [0.2, 0.25) is 5.91 Å². The number of halogens is 1. The summed E-state index contributed by atoms with van der Waals surface area (Å²) in [7, 11) is 0. The van der Waals surface area contributed by atoms with Gasteiger partial charge in [-0.05, 0) is 38.3 Å². The molecule has 1 aliphatic heterocycles. The van der Waals surface area contributed by atoms with Crippen molar-refractivity contribution < 1.29 is 18.7 Å². The Morgan fingerprint density at radius 2 is 1.84 bits per heavy atom. The zero-order chi connectivity index (χ0) is 28.0. The van der Waals surface area contributed by atoms with Gasteiger partial charge in [0, 0.05) is 13.1 Å². The molecule has 2 N–H and O–H groups in total. The normalized spacial score (nSPS) is 16.7. The number of benzene rings is 1. The minimum atomic E-state index is -1.43. The van der Waals surface area contributed by atoms with E-state index in [2.05, 4.69) is 17.1 Å². The molecule has 38 heavy (non-hydrogen) atoms. The van der Waals surface area contributed by atoms with Crippen LogP contribution in [0.4, 0.5) is 15.0 Å². The van der Waals surface area contributed by atoms with Crippen LogP contribution in [0.15, 0.2) is 35.4 Å². The summed E-state index contributed by atoms with van der Waals surface area (Å²) >= 11 is 1.02. The van der Waals surface area contributed by atoms with E-state index in [1.54, 1.807) is 49.9 Å². The van der Waals surface area contributed by atoms with Gasteiger partial charge in [0.1, 0.15) is 40.0 Å². The number of aromatic nitrogens is 1. The molecule has 1 fully saturated rings. The van der Waals surface area contributed by atoms with Crippen molar-refractivity contribution in [3.8, 4) is 12.1 Å². The SMILES string of the molecule is CCc1c(C#N)c(SC(C(N)=O)c2ccccc2)nc(N2CCN(C(=O)OC(C)(C)C)CC(F)C2)c1C#N. The molecule has 1 aliphatic rings. The summed E-state index contributed by atoms with van der Waals surface area (Å²) < 4.78 is 20.5. The number of rotatable bonds is 6. The number of ether oxygens (including phenoxy) is 1. The summed E-state index contributed by atoms with van der Waals surface area (Å²) in [5.41, 5.74) is 6.44. The minimum Gasteiger partial charge on any atom is -0.444 e. The van der Waals surface area contributed by atoms with Crippen LogP contribution < -0.4 is 10.6 Å². The molecule has 0 aliphatic carbocycles. The number of anilines is 1. The Bertz CT molecular complexity index is 1270. The van der Waals surface area contributed by atoms with Gasteiger partial charge >= 0.3 is 6.09 Å². The summed E-state index contributed by atoms with van der Waals surface area (Å²) in [6, 6.07) is 13.2. The Morgan fingerprint density at radius 1 is 1.18 bits per heavy atom. The highest BCUT2D eigenvalue weighted by Crippen LogP contribution is 2.39. The van der Waals surface area contributed by atoms with Crippen LogP contribution in [0.1, 0.15) is 55.2 Å². The molecule has 0 radical (unpaired) electrons. The highest BCUT2D eigenvalue weighted by atomic mass is 32.2. The summed E-state index contributed by atoms with van der Waals surface area (Å²) in [5.74, 6) is -0.404. The van der Waals surface area contributed by atoms with E-state index in [1.165, 1.54) is 4.90 Å². The van der Waals surface area contributed by atoms with Crippen molar-refractivity contribution in [2.75, 3.05) is 31.1 Å². The first-order chi connectivity index (χ1) is 18.0. The van der Waals surface area contributed by atoms with Gasteiger partial charge < -0.3 is 20.3 Å². The van der Waals surface area contributed by atoms with Crippen LogP contribution in [0.25, 0.3) is 0 Å². The highest BCUT2D eigenvalue weighted by Gasteiger charge is 2.32. The molecule has 2 unspecified atom stereocenters. The topological polar surface area (TPSA) is 136 Å². The first kappa shape index (κ1) is 28.7. The lowest BCUT2D eigenvalue weighted by Gasteiger charge is -2.27. The molecule has 1 aromatic carbocycles. The van der Waals surface area contributed by atoms with Crippen molar-refractivity contribution in [2.45, 2.75) is 56.2 Å². The fourth-order valence-corrected chi connectivity index (χ4v) is 5.23. The van der Waals surface area contributed by atoms with Crippen LogP contribution in [0.5, 0.6) is 0 Å². The molecule has 200 valence electrons. The Morgan fingerprint density at radius 3 is 2.39 bits per heavy atom. The van der Waals surface area contributed by atoms with Gasteiger partial charge in [-0.2, -0.15) is 10.5 Å². The molecule has 0 spiro atoms. The number of pyridine rings is 1. The number of thioether (sulfide) groups is 1. The first-order valence-corrected chi connectivity index (χ1v) is 13.1. The van der Waals surface area contributed by atoms with E-state index in [0.29, 0.717) is 17.5 Å². The molecule has 2 heterocycles. The smallest absolute Gasteiger partial charge is 0.410 e. The van der Waals surface area contributed by atoms with E-state index in [4.69, 9.17) is 10.5 Å². The van der Waals surface area contributed by atoms with Crippen molar-refractivity contribution in [3.63, 3.8) is 0 Å². The lowest BCUT2D eigenvalue weighted by molar-refractivity contribution is -0.117. The molecule has 0 saturated carbocycles. The Hall–Kier alpha value is -3.83. The van der Waals surface area contributed by atoms with Crippen LogP contribution in [-0.4, -0.2) is 59.8 Å². The van der Waals surface area contributed by atoms with Gasteiger partial charge in [-0.1, -0.05) is 49.0 Å². The molecule has 2 amide bonds. The summed E-state index contributed by atoms with van der Waals surface area (Å²) in [6.45, 7) is 7.09. The van der Waals surface area contributed by atoms with Gasteiger partial charge in [0.05, 0.1) is 24.2 Å². The molecule has 1 saturated heterocycles. The number of nitriles is 2. The van der Waals surface area contributed by atoms with Crippen LogP contribution >= 0.6 is 11.8 Å². The van der Waals surface area contributed by atoms with E-state index in [9.17, 15) is 20.1 Å². The fraction of sp³-hybridized carbons (Fsp3) is 0.444. The standard InChI is InChI=1S/C27H31FN6O3S/c1-5-19-20(13-29)24(33-11-12-34(16-18(28)15-33)26(36)37-27(2,3)4)32-25(21(19)14-30)38-22(23(31)35)17-9-7-6-8-10-17/h6-10,18,22H,5,11-12,15-16H2,1-4H3,(H2,31,35). The van der Waals surface area contributed by atoms with E-state index in [-0.39, 0.29) is 48.1 Å². The third-order valence-corrected chi connectivity index (χ3v) is 7.10. The Kier molecular flexibility index (Phi) is 9.18. The zero-order valence-corrected chi connectivity index (χ0v) is 22.7. The molecular formula is C27H31FN6O3S. The summed E-state index contributed by atoms with van der Waals surface area (Å²) in [6.07, 6.45) is -1.70. The van der Waals surface area contributed by atoms with Crippen LogP contribution in [0.2, 0.25) is 0 Å². The van der Waals surface area contributed by atoms with Crippen LogP contribution in [-0.2, 0) is 16.0 Å². The quantitative estimate of drug-likeness (QED) is 0.543. The van der Waals surface area contributed by atoms with E-state index in [0.717, 1.165) is 11.8 Å². The predicted molar refractivity (Wildman–Crippen MR) is 142 cm³/mol. The Labute approximate surface area is 226 Å². The van der Waals surface area contributed by atoms with Crippen molar-refractivity contribution in [2.24, 2.45) is 5.73 Å². The minimum absolute atomic E-state index is 0.113. The lowest BCUT2D eigenvalue weighted by Crippen LogP contribution is -2.40. The molecule has 3 rings (SSSR count). The number of carbonyl (C=O) groups is 2. The number of alkyl halides is 1. The van der Waals surface area contributed by atoms with Crippen molar-refractivity contribution in [1.29, 1.82) is 10.5 Å². The number of hydrogen-bond acceptors (Lipinski definition) is 8. The zero-order valence-electron chi connectivity index (χ0n) is 21.9. The number of nitrogens with zero attached hydrogens (tertiary/aromatic N) is 5. The number of hydrogen-bond donors (Lipinski definition) is 1. The predicted octanol–water partition coefficient (Wildman–Crippen LogP) is 4.10. The van der Waals surface area contributed by atoms with Gasteiger partial charge in [-0.3, -0.25) is 4.79 Å². The maximum absolute atomic E-state index is 15.1. The molecule has 2 aromatic rings. The van der Waals surface area contributed by atoms with Crippen molar-refractivity contribution >= 4 is 29.6 Å². The number of primary amides is 1. The van der Waals surface area contributed by atoms with Crippen molar-refractivity contribution in [1.82, 2.24) is 9.88 Å². The average molecular weight is 539 g/mol. The second-order valence-electron chi connectivity index (χ2n) is 9.83. The van der Waals surface area contributed by atoms with Crippen LogP contribution in [0.3, 0.4) is 0 Å². The number of carbonyl (C=O) groups excluding carboxylic acids is 2. The molecule has 2 atom stereocenters. The fourth-order valence-electron chi connectivity index (χ4n) is 4.17. The largest absolute Gasteiger partial charge is 0.444 e. The first-order valence-electron chi connectivity index (χ1n) is 12.2. The molecule has 1 aromatic heterocycles. The van der Waals surface area contributed by atoms with Gasteiger partial charge in [0.15, 0.2) is 0 Å². The average Bonchev–Trinajstić information content (AvgIpc) is 3.07. The maximum Gasteiger partial charge on any atom is 0.410 e. The summed E-state index contributed by atoms with van der Waals surface area (Å²) in [5, 5.41) is 19.4. The van der Waals surface area contributed by atoms with Gasteiger partial charge in [0.25, 0.3) is 0 Å². The molecule has 0 bridgehead atoms. The second kappa shape index (κ2) is 12.1. The highest BCUT2D eigenvalue weighted by molar-refractivity contribution is 8.00. The Balaban J connectivity index is 2.04.